The third kappa shape index (κ3) is 3.56. The smallest absolute Gasteiger partial charge is 0.287 e. The van der Waals surface area contributed by atoms with Gasteiger partial charge in [0.15, 0.2) is 11.2 Å². The summed E-state index contributed by atoms with van der Waals surface area (Å²) in [5.41, 5.74) is 1.05. The van der Waals surface area contributed by atoms with E-state index in [9.17, 15) is 9.59 Å². The van der Waals surface area contributed by atoms with Gasteiger partial charge in [-0.2, -0.15) is 0 Å². The fraction of sp³-hybridized carbons (Fsp3) is 0.467. The zero-order valence-electron chi connectivity index (χ0n) is 11.4. The quantitative estimate of drug-likeness (QED) is 0.851. The minimum Gasteiger partial charge on any atom is -0.456 e. The molecule has 0 saturated heterocycles. The number of hydrogen-bond acceptors (Lipinski definition) is 3. The van der Waals surface area contributed by atoms with Crippen molar-refractivity contribution in [2.24, 2.45) is 0 Å². The first-order chi connectivity index (χ1) is 9.06. The summed E-state index contributed by atoms with van der Waals surface area (Å²) in [7, 11) is 0. The van der Waals surface area contributed by atoms with Gasteiger partial charge in [-0.15, -0.1) is 0 Å². The molecule has 2 rings (SSSR count). The Hall–Kier alpha value is -1.84. The summed E-state index contributed by atoms with van der Waals surface area (Å²) in [5, 5.41) is 2.88. The fourth-order valence-corrected chi connectivity index (χ4v) is 2.33. The van der Waals surface area contributed by atoms with Gasteiger partial charge in [-0.3, -0.25) is 9.59 Å². The van der Waals surface area contributed by atoms with Crippen molar-refractivity contribution in [1.82, 2.24) is 5.32 Å². The number of aryl methyl sites for hydroxylation is 1. The highest BCUT2D eigenvalue weighted by Gasteiger charge is 2.17. The molecule has 0 fully saturated rings. The van der Waals surface area contributed by atoms with Gasteiger partial charge in [0, 0.05) is 18.2 Å². The normalized spacial score (nSPS) is 16.6. The number of rotatable bonds is 3. The molecule has 4 heteroatoms. The van der Waals surface area contributed by atoms with Crippen LogP contribution in [0.3, 0.4) is 0 Å². The number of carbonyl (C=O) groups is 1. The molecule has 102 valence electrons. The second kappa shape index (κ2) is 5.87. The zero-order valence-corrected chi connectivity index (χ0v) is 11.4. The Balaban J connectivity index is 2.08. The summed E-state index contributed by atoms with van der Waals surface area (Å²) < 4.78 is 5.28. The van der Waals surface area contributed by atoms with E-state index < -0.39 is 0 Å². The van der Waals surface area contributed by atoms with E-state index in [2.05, 4.69) is 11.4 Å². The van der Waals surface area contributed by atoms with E-state index in [4.69, 9.17) is 4.42 Å². The predicted octanol–water partition coefficient (Wildman–Crippen LogP) is 2.57. The molecule has 1 heterocycles. The molecule has 1 aliphatic carbocycles. The third-order valence-corrected chi connectivity index (χ3v) is 3.34. The third-order valence-electron chi connectivity index (χ3n) is 3.34. The van der Waals surface area contributed by atoms with Crippen LogP contribution in [0, 0.1) is 6.92 Å². The van der Waals surface area contributed by atoms with Crippen LogP contribution in [-0.4, -0.2) is 11.9 Å². The van der Waals surface area contributed by atoms with Crippen molar-refractivity contribution in [3.05, 3.63) is 45.5 Å². The second-order valence-electron chi connectivity index (χ2n) is 4.99. The average Bonchev–Trinajstić information content (AvgIpc) is 2.38. The summed E-state index contributed by atoms with van der Waals surface area (Å²) in [6, 6.07) is 2.58. The lowest BCUT2D eigenvalue weighted by atomic mass is 9.95. The lowest BCUT2D eigenvalue weighted by Crippen LogP contribution is -2.34. The Bertz CT molecular complexity index is 557. The van der Waals surface area contributed by atoms with Gasteiger partial charge in [-0.25, -0.2) is 0 Å². The molecule has 0 saturated carbocycles. The lowest BCUT2D eigenvalue weighted by Gasteiger charge is -2.20. The minimum atomic E-state index is -0.334. The van der Waals surface area contributed by atoms with Crippen molar-refractivity contribution in [3.8, 4) is 0 Å². The Morgan fingerprint density at radius 3 is 2.79 bits per heavy atom. The summed E-state index contributed by atoms with van der Waals surface area (Å²) >= 11 is 0. The highest BCUT2D eigenvalue weighted by Crippen LogP contribution is 2.20. The van der Waals surface area contributed by atoms with Crippen LogP contribution in [0.15, 0.2) is 33.0 Å². The molecule has 0 radical (unpaired) electrons. The molecule has 1 unspecified atom stereocenters. The van der Waals surface area contributed by atoms with Crippen molar-refractivity contribution < 1.29 is 9.21 Å². The Morgan fingerprint density at radius 1 is 1.37 bits per heavy atom. The maximum atomic E-state index is 12.0. The monoisotopic (exact) mass is 261 g/mol. The molecule has 0 spiro atoms. The molecule has 0 bridgehead atoms. The summed E-state index contributed by atoms with van der Waals surface area (Å²) in [5.74, 6) is 0.190. The molecule has 1 aliphatic rings. The number of allylic oxidation sites excluding steroid dienone is 1. The summed E-state index contributed by atoms with van der Waals surface area (Å²) in [6.45, 7) is 3.62. The first-order valence-electron chi connectivity index (χ1n) is 6.68. The van der Waals surface area contributed by atoms with Gasteiger partial charge in [0.1, 0.15) is 5.76 Å². The maximum absolute atomic E-state index is 12.0. The van der Waals surface area contributed by atoms with Crippen LogP contribution in [-0.2, 0) is 0 Å². The predicted molar refractivity (Wildman–Crippen MR) is 73.2 cm³/mol. The van der Waals surface area contributed by atoms with E-state index >= 15 is 0 Å². The molecule has 1 amide bonds. The maximum Gasteiger partial charge on any atom is 0.287 e. The van der Waals surface area contributed by atoms with E-state index in [0.717, 1.165) is 12.8 Å². The van der Waals surface area contributed by atoms with Crippen LogP contribution in [0.2, 0.25) is 0 Å². The molecule has 1 aromatic rings. The van der Waals surface area contributed by atoms with Crippen molar-refractivity contribution in [2.45, 2.75) is 45.6 Å². The van der Waals surface area contributed by atoms with Gasteiger partial charge < -0.3 is 9.73 Å². The van der Waals surface area contributed by atoms with Crippen LogP contribution in [0.4, 0.5) is 0 Å². The van der Waals surface area contributed by atoms with Crippen molar-refractivity contribution in [1.29, 1.82) is 0 Å². The van der Waals surface area contributed by atoms with Crippen LogP contribution in [0.25, 0.3) is 0 Å². The average molecular weight is 261 g/mol. The highest BCUT2D eigenvalue weighted by atomic mass is 16.3. The van der Waals surface area contributed by atoms with E-state index in [1.165, 1.54) is 30.5 Å². The van der Waals surface area contributed by atoms with Gasteiger partial charge in [0.25, 0.3) is 5.91 Å². The number of amides is 1. The number of nitrogens with one attached hydrogen (secondary N) is 1. The van der Waals surface area contributed by atoms with Crippen LogP contribution in [0.5, 0.6) is 0 Å². The SMILES string of the molecule is Cc1cc(=O)cc(C(=O)NC(C)C2=CCCCC2)o1. The first kappa shape index (κ1) is 13.6. The van der Waals surface area contributed by atoms with Gasteiger partial charge in [0.2, 0.25) is 0 Å². The van der Waals surface area contributed by atoms with Crippen LogP contribution in [0.1, 0.15) is 48.9 Å². The van der Waals surface area contributed by atoms with Crippen molar-refractivity contribution >= 4 is 5.91 Å². The topological polar surface area (TPSA) is 59.3 Å². The minimum absolute atomic E-state index is 0.0152. The molecule has 1 atom stereocenters. The number of carbonyl (C=O) groups excluding carboxylic acids is 1. The second-order valence-corrected chi connectivity index (χ2v) is 4.99. The van der Waals surface area contributed by atoms with Gasteiger partial charge in [-0.05, 0) is 39.5 Å². The van der Waals surface area contributed by atoms with Crippen molar-refractivity contribution in [2.75, 3.05) is 0 Å². The molecule has 4 nitrogen and oxygen atoms in total. The Labute approximate surface area is 112 Å². The fourth-order valence-electron chi connectivity index (χ4n) is 2.33. The van der Waals surface area contributed by atoms with Gasteiger partial charge in [-0.1, -0.05) is 11.6 Å². The lowest BCUT2D eigenvalue weighted by molar-refractivity contribution is 0.0912. The molecule has 0 aromatic carbocycles. The highest BCUT2D eigenvalue weighted by molar-refractivity contribution is 5.91. The zero-order chi connectivity index (χ0) is 13.8. The molecule has 1 aromatic heterocycles. The van der Waals surface area contributed by atoms with Gasteiger partial charge in [0.05, 0.1) is 0 Å². The van der Waals surface area contributed by atoms with Crippen LogP contribution < -0.4 is 10.7 Å². The molecule has 1 N–H and O–H groups in total. The van der Waals surface area contributed by atoms with E-state index in [1.807, 2.05) is 6.92 Å². The molecular weight excluding hydrogens is 242 g/mol. The van der Waals surface area contributed by atoms with Crippen LogP contribution >= 0.6 is 0 Å². The Morgan fingerprint density at radius 2 is 2.16 bits per heavy atom. The molecule has 0 aliphatic heterocycles. The van der Waals surface area contributed by atoms with Gasteiger partial charge >= 0.3 is 0 Å². The van der Waals surface area contributed by atoms with E-state index in [-0.39, 0.29) is 23.1 Å². The van der Waals surface area contributed by atoms with Crippen molar-refractivity contribution in [3.63, 3.8) is 0 Å². The molecular formula is C15H19NO3. The molecule has 19 heavy (non-hydrogen) atoms. The van der Waals surface area contributed by atoms with E-state index in [0.29, 0.717) is 5.76 Å². The first-order valence-corrected chi connectivity index (χ1v) is 6.68. The standard InChI is InChI=1S/C15H19NO3/c1-10-8-13(17)9-14(19-10)15(18)16-11(2)12-6-4-3-5-7-12/h6,8-9,11H,3-5,7H2,1-2H3,(H,16,18). The summed E-state index contributed by atoms with van der Waals surface area (Å²) in [6.07, 6.45) is 6.69. The Kier molecular flexibility index (Phi) is 4.20. The largest absolute Gasteiger partial charge is 0.456 e. The number of hydrogen-bond donors (Lipinski definition) is 1. The van der Waals surface area contributed by atoms with E-state index in [1.54, 1.807) is 6.92 Å². The summed E-state index contributed by atoms with van der Waals surface area (Å²) in [4.78, 5) is 23.4.